The standard InChI is InChI=1S/C23H21N3O4S/c1-15-14-19(26-22(27)18-9-4-12-30-18)31-21(15)23(28)25-11-5-13-29-17-8-2-6-16-7-3-10-24-20(16)17/h2-4,6-10,12,14H,5,11,13H2,1H3,(H,25,28)(H,26,27). The SMILES string of the molecule is Cc1cc(NC(=O)c2ccco2)sc1C(=O)NCCCOc1cccc2cccnc12. The fraction of sp³-hybridized carbons (Fsp3) is 0.174. The third kappa shape index (κ3) is 4.92. The molecule has 0 aliphatic carbocycles. The minimum absolute atomic E-state index is 0.173. The lowest BCUT2D eigenvalue weighted by Crippen LogP contribution is -2.25. The van der Waals surface area contributed by atoms with Crippen molar-refractivity contribution in [3.63, 3.8) is 0 Å². The molecule has 4 rings (SSSR count). The van der Waals surface area contributed by atoms with Crippen molar-refractivity contribution < 1.29 is 18.7 Å². The number of benzene rings is 1. The molecule has 2 amide bonds. The van der Waals surface area contributed by atoms with E-state index >= 15 is 0 Å². The molecule has 0 fully saturated rings. The minimum Gasteiger partial charge on any atom is -0.491 e. The number of thiophene rings is 1. The maximum Gasteiger partial charge on any atom is 0.291 e. The number of rotatable bonds is 8. The van der Waals surface area contributed by atoms with Gasteiger partial charge in [-0.05, 0) is 49.2 Å². The second kappa shape index (κ2) is 9.44. The van der Waals surface area contributed by atoms with E-state index in [9.17, 15) is 9.59 Å². The molecule has 0 saturated heterocycles. The highest BCUT2D eigenvalue weighted by atomic mass is 32.1. The Hall–Kier alpha value is -3.65. The number of furan rings is 1. The fourth-order valence-corrected chi connectivity index (χ4v) is 4.06. The number of carbonyl (C=O) groups excluding carboxylic acids is 2. The van der Waals surface area contributed by atoms with Crippen LogP contribution in [0.15, 0.2) is 65.4 Å². The molecule has 0 aliphatic heterocycles. The number of nitrogens with zero attached hydrogens (tertiary/aromatic N) is 1. The van der Waals surface area contributed by atoms with Crippen molar-refractivity contribution in [3.05, 3.63) is 77.2 Å². The minimum atomic E-state index is -0.349. The van der Waals surface area contributed by atoms with Crippen molar-refractivity contribution in [3.8, 4) is 5.75 Å². The first-order valence-corrected chi connectivity index (χ1v) is 10.6. The molecule has 0 unspecified atom stereocenters. The normalized spacial score (nSPS) is 10.7. The lowest BCUT2D eigenvalue weighted by molar-refractivity contribution is 0.0953. The number of ether oxygens (including phenoxy) is 1. The Balaban J connectivity index is 1.26. The monoisotopic (exact) mass is 435 g/mol. The summed E-state index contributed by atoms with van der Waals surface area (Å²) in [6.45, 7) is 2.77. The summed E-state index contributed by atoms with van der Waals surface area (Å²) in [7, 11) is 0. The lowest BCUT2D eigenvalue weighted by atomic mass is 10.2. The molecule has 2 N–H and O–H groups in total. The van der Waals surface area contributed by atoms with Gasteiger partial charge in [0, 0.05) is 18.1 Å². The summed E-state index contributed by atoms with van der Waals surface area (Å²) in [5, 5.41) is 7.27. The van der Waals surface area contributed by atoms with Crippen LogP contribution in [-0.2, 0) is 0 Å². The van der Waals surface area contributed by atoms with E-state index in [-0.39, 0.29) is 17.6 Å². The van der Waals surface area contributed by atoms with E-state index in [0.29, 0.717) is 29.5 Å². The predicted octanol–water partition coefficient (Wildman–Crippen LogP) is 4.65. The van der Waals surface area contributed by atoms with Gasteiger partial charge < -0.3 is 19.8 Å². The van der Waals surface area contributed by atoms with Crippen LogP contribution in [0.3, 0.4) is 0 Å². The van der Waals surface area contributed by atoms with Gasteiger partial charge in [0.2, 0.25) is 0 Å². The number of fused-ring (bicyclic) bond motifs is 1. The van der Waals surface area contributed by atoms with Crippen molar-refractivity contribution in [1.82, 2.24) is 10.3 Å². The topological polar surface area (TPSA) is 93.5 Å². The molecule has 4 aromatic rings. The third-order valence-electron chi connectivity index (χ3n) is 4.57. The highest BCUT2D eigenvalue weighted by Gasteiger charge is 2.16. The molecule has 0 radical (unpaired) electrons. The van der Waals surface area contributed by atoms with Gasteiger partial charge in [-0.3, -0.25) is 14.6 Å². The second-order valence-corrected chi connectivity index (χ2v) is 7.90. The van der Waals surface area contributed by atoms with E-state index in [1.165, 1.54) is 17.6 Å². The Morgan fingerprint density at radius 2 is 2.00 bits per heavy atom. The number of carbonyl (C=O) groups is 2. The van der Waals surface area contributed by atoms with Gasteiger partial charge in [0.1, 0.15) is 11.3 Å². The molecule has 8 heteroatoms. The summed E-state index contributed by atoms with van der Waals surface area (Å²) in [5.41, 5.74) is 1.63. The quantitative estimate of drug-likeness (QED) is 0.393. The molecule has 0 saturated carbocycles. The van der Waals surface area contributed by atoms with Gasteiger partial charge >= 0.3 is 0 Å². The number of anilines is 1. The fourth-order valence-electron chi connectivity index (χ4n) is 3.08. The zero-order valence-corrected chi connectivity index (χ0v) is 17.7. The van der Waals surface area contributed by atoms with Gasteiger partial charge in [-0.15, -0.1) is 11.3 Å². The lowest BCUT2D eigenvalue weighted by Gasteiger charge is -2.09. The summed E-state index contributed by atoms with van der Waals surface area (Å²) >= 11 is 1.23. The van der Waals surface area contributed by atoms with E-state index in [1.807, 2.05) is 37.3 Å². The first-order valence-electron chi connectivity index (χ1n) is 9.82. The summed E-state index contributed by atoms with van der Waals surface area (Å²) < 4.78 is 10.9. The number of pyridine rings is 1. The van der Waals surface area contributed by atoms with E-state index in [1.54, 1.807) is 24.4 Å². The van der Waals surface area contributed by atoms with Crippen molar-refractivity contribution in [2.75, 3.05) is 18.5 Å². The summed E-state index contributed by atoms with van der Waals surface area (Å²) in [4.78, 5) is 29.5. The van der Waals surface area contributed by atoms with Crippen molar-refractivity contribution in [1.29, 1.82) is 0 Å². The third-order valence-corrected chi connectivity index (χ3v) is 5.72. The first-order chi connectivity index (χ1) is 15.1. The van der Waals surface area contributed by atoms with Crippen molar-refractivity contribution >= 4 is 39.1 Å². The highest BCUT2D eigenvalue weighted by Crippen LogP contribution is 2.27. The molecule has 0 spiro atoms. The van der Waals surface area contributed by atoms with Crippen LogP contribution in [0, 0.1) is 6.92 Å². The van der Waals surface area contributed by atoms with Gasteiger partial charge in [0.05, 0.1) is 22.7 Å². The molecule has 0 atom stereocenters. The maximum atomic E-state index is 12.5. The number of para-hydroxylation sites is 1. The van der Waals surface area contributed by atoms with E-state index in [0.717, 1.165) is 22.2 Å². The Morgan fingerprint density at radius 3 is 2.84 bits per heavy atom. The Morgan fingerprint density at radius 1 is 1.13 bits per heavy atom. The number of aryl methyl sites for hydroxylation is 1. The second-order valence-electron chi connectivity index (χ2n) is 6.84. The van der Waals surface area contributed by atoms with Crippen LogP contribution in [0.4, 0.5) is 5.00 Å². The summed E-state index contributed by atoms with van der Waals surface area (Å²) in [6.07, 6.45) is 3.83. The average molecular weight is 436 g/mol. The molecular weight excluding hydrogens is 414 g/mol. The smallest absolute Gasteiger partial charge is 0.291 e. The van der Waals surface area contributed by atoms with E-state index in [4.69, 9.17) is 9.15 Å². The largest absolute Gasteiger partial charge is 0.491 e. The average Bonchev–Trinajstić information content (AvgIpc) is 3.43. The molecule has 1 aromatic carbocycles. The van der Waals surface area contributed by atoms with Gasteiger partial charge in [-0.1, -0.05) is 18.2 Å². The van der Waals surface area contributed by atoms with Crippen molar-refractivity contribution in [2.45, 2.75) is 13.3 Å². The molecule has 31 heavy (non-hydrogen) atoms. The maximum absolute atomic E-state index is 12.5. The first kappa shape index (κ1) is 20.6. The number of nitrogens with one attached hydrogen (secondary N) is 2. The number of hydrogen-bond donors (Lipinski definition) is 2. The van der Waals surface area contributed by atoms with Crippen LogP contribution in [0.5, 0.6) is 5.75 Å². The van der Waals surface area contributed by atoms with Gasteiger partial charge in [0.25, 0.3) is 11.8 Å². The Labute approximate surface area is 183 Å². The van der Waals surface area contributed by atoms with E-state index in [2.05, 4.69) is 15.6 Å². The van der Waals surface area contributed by atoms with Gasteiger partial charge in [-0.25, -0.2) is 0 Å². The molecule has 7 nitrogen and oxygen atoms in total. The van der Waals surface area contributed by atoms with Crippen LogP contribution in [0.1, 0.15) is 32.2 Å². The van der Waals surface area contributed by atoms with Crippen LogP contribution in [-0.4, -0.2) is 29.9 Å². The predicted molar refractivity (Wildman–Crippen MR) is 120 cm³/mol. The zero-order chi connectivity index (χ0) is 21.6. The van der Waals surface area contributed by atoms with Gasteiger partial charge in [-0.2, -0.15) is 0 Å². The number of hydrogen-bond acceptors (Lipinski definition) is 6. The van der Waals surface area contributed by atoms with Crippen molar-refractivity contribution in [2.24, 2.45) is 0 Å². The molecule has 0 aliphatic rings. The molecular formula is C23H21N3O4S. The molecule has 3 aromatic heterocycles. The Bertz CT molecular complexity index is 1200. The number of aromatic nitrogens is 1. The van der Waals surface area contributed by atoms with Crippen LogP contribution in [0.25, 0.3) is 10.9 Å². The Kier molecular flexibility index (Phi) is 6.28. The molecule has 158 valence electrons. The van der Waals surface area contributed by atoms with Crippen LogP contribution >= 0.6 is 11.3 Å². The molecule has 3 heterocycles. The van der Waals surface area contributed by atoms with Crippen LogP contribution < -0.4 is 15.4 Å². The molecule has 0 bridgehead atoms. The summed E-state index contributed by atoms with van der Waals surface area (Å²) in [6, 6.07) is 14.7. The highest BCUT2D eigenvalue weighted by molar-refractivity contribution is 7.18. The van der Waals surface area contributed by atoms with Crippen LogP contribution in [0.2, 0.25) is 0 Å². The summed E-state index contributed by atoms with van der Waals surface area (Å²) in [5.74, 6) is 0.431. The zero-order valence-electron chi connectivity index (χ0n) is 16.9. The van der Waals surface area contributed by atoms with E-state index < -0.39 is 0 Å². The van der Waals surface area contributed by atoms with Gasteiger partial charge in [0.15, 0.2) is 5.76 Å². The number of amides is 2.